The predicted octanol–water partition coefficient (Wildman–Crippen LogP) is 21.0. The number of nitrogens with one attached hydrogen (secondary N) is 2. The maximum absolute atomic E-state index is 12.8. The Labute approximate surface area is 471 Å². The maximum atomic E-state index is 12.8. The normalized spacial score (nSPS) is 13.1. The number of aromatic nitrogens is 4. The van der Waals surface area contributed by atoms with Crippen molar-refractivity contribution in [2.75, 3.05) is 0 Å². The van der Waals surface area contributed by atoms with Crippen molar-refractivity contribution in [1.29, 1.82) is 0 Å². The highest BCUT2D eigenvalue weighted by molar-refractivity contribution is 7.86. The van der Waals surface area contributed by atoms with E-state index in [1.807, 2.05) is 0 Å². The van der Waals surface area contributed by atoms with Crippen LogP contribution in [0.1, 0.15) is 28.3 Å². The lowest BCUT2D eigenvalue weighted by Gasteiger charge is -2.13. The summed E-state index contributed by atoms with van der Waals surface area (Å²) in [5.74, 6) is 0. The molecule has 8 bridgehead atoms. The van der Waals surface area contributed by atoms with Gasteiger partial charge >= 0.3 is 0 Å². The zero-order valence-corrected chi connectivity index (χ0v) is 46.3. The zero-order chi connectivity index (χ0) is 50.0. The molecule has 2 aliphatic heterocycles. The Morgan fingerprint density at radius 1 is 0.377 bits per heavy atom. The fraction of sp³-hybridized carbons (Fsp3) is 0.0222. The first-order valence-electron chi connectivity index (χ1n) is 18.9. The van der Waals surface area contributed by atoms with Crippen LogP contribution in [0.15, 0.2) is 65.6 Å². The van der Waals surface area contributed by atoms with Crippen LogP contribution in [0.2, 0.25) is 60.3 Å². The molecule has 9 rings (SSSR count). The number of aryl methyl sites for hydroxylation is 1. The first-order valence-corrected chi connectivity index (χ1v) is 26.4. The van der Waals surface area contributed by atoms with E-state index in [0.717, 1.165) is 6.07 Å². The quantitative estimate of drug-likeness (QED) is 0.149. The summed E-state index contributed by atoms with van der Waals surface area (Å²) in [4.78, 5) is 15.9. The molecule has 2 aliphatic rings. The fourth-order valence-electron chi connectivity index (χ4n) is 7.86. The molecule has 0 aliphatic carbocycles. The van der Waals surface area contributed by atoms with Crippen LogP contribution in [0.3, 0.4) is 0 Å². The molecule has 7 aromatic rings. The number of H-pyrrole nitrogens is 2. The highest BCUT2D eigenvalue weighted by atomic mass is 35.5. The lowest BCUT2D eigenvalue weighted by atomic mass is 10.0. The molecule has 7 nitrogen and oxygen atoms in total. The van der Waals surface area contributed by atoms with E-state index in [-0.39, 0.29) is 165 Å². The second-order valence-electron chi connectivity index (χ2n) is 14.8. The van der Waals surface area contributed by atoms with Crippen LogP contribution in [0.5, 0.6) is 0 Å². The number of aromatic amines is 2. The number of halogens is 16. The van der Waals surface area contributed by atoms with Crippen molar-refractivity contribution >= 4 is 238 Å². The van der Waals surface area contributed by atoms with Crippen molar-refractivity contribution in [2.45, 2.75) is 11.8 Å². The van der Waals surface area contributed by atoms with Crippen LogP contribution >= 0.6 is 186 Å². The van der Waals surface area contributed by atoms with Gasteiger partial charge in [-0.25, -0.2) is 9.97 Å². The molecule has 24 heteroatoms. The molecule has 0 spiro atoms. The van der Waals surface area contributed by atoms with E-state index in [9.17, 15) is 13.0 Å². The SMILES string of the molecule is Cc1ccc(Cl)c(-c2c3nc(c(-c4c(Cl)ccc(S(=O)(=O)O)c4Cl)c4[nH]c(c(Cl)c4Cl)c(-c4c(Cl)cccc4Cl)c4nc(c(-c5c(Cl)cccc5Cl)c5[nH]c2c(Cl)c5Cl)C(Cl)=C4Cl)C(Cl)=C3Cl)c1Cl. The minimum atomic E-state index is -5.03. The molecule has 0 radical (unpaired) electrons. The van der Waals surface area contributed by atoms with E-state index in [1.165, 1.54) is 6.07 Å². The van der Waals surface area contributed by atoms with Gasteiger partial charge in [0.25, 0.3) is 10.1 Å². The number of hydrogen-bond acceptors (Lipinski definition) is 4. The third kappa shape index (κ3) is 8.54. The molecule has 0 saturated carbocycles. The van der Waals surface area contributed by atoms with E-state index < -0.39 is 20.0 Å². The largest absolute Gasteiger partial charge is 0.352 e. The summed E-state index contributed by atoms with van der Waals surface area (Å²) in [5.41, 5.74) is 0.0576. The minimum absolute atomic E-state index is 0.0137. The Morgan fingerprint density at radius 2 is 0.667 bits per heavy atom. The molecule has 4 aromatic carbocycles. The first-order chi connectivity index (χ1) is 32.5. The van der Waals surface area contributed by atoms with Gasteiger partial charge in [0.1, 0.15) is 4.90 Å². The van der Waals surface area contributed by atoms with Crippen LogP contribution in [0.4, 0.5) is 0 Å². The van der Waals surface area contributed by atoms with Crippen molar-refractivity contribution in [3.8, 4) is 44.5 Å². The highest BCUT2D eigenvalue weighted by Crippen LogP contribution is 2.56. The molecule has 0 saturated heterocycles. The number of hydrogen-bond donors (Lipinski definition) is 3. The van der Waals surface area contributed by atoms with Crippen LogP contribution in [0.25, 0.3) is 86.7 Å². The van der Waals surface area contributed by atoms with E-state index in [2.05, 4.69) is 9.97 Å². The zero-order valence-electron chi connectivity index (χ0n) is 33.4. The van der Waals surface area contributed by atoms with Crippen molar-refractivity contribution in [2.24, 2.45) is 0 Å². The molecule has 0 fully saturated rings. The van der Waals surface area contributed by atoms with Gasteiger partial charge in [0.05, 0.1) is 125 Å². The Hall–Kier alpha value is -1.97. The summed E-state index contributed by atoms with van der Waals surface area (Å²) < 4.78 is 36.1. The fourth-order valence-corrected chi connectivity index (χ4v) is 12.9. The standard InChI is InChI=1S/C45H16Cl16N4O3S/c1-12-8-9-17(50)22(28(12)52)26-42-34(58)32(56)40(63-42)24(20-13(46)4-2-5-14(20)47)38-30(54)31(55)39(62-38)25(21-15(48)6-3-7-16(21)49)41-33(57)35(59)44(64-41)27(45-37(61)36(60)43(26)65-45)23-18(51)10-11-19(29(23)53)69(66,67)68/h2-11,63-64H,1H3,(H,66,67,68). The molecule has 0 atom stereocenters. The molecular weight excluding hydrogens is 1240 g/mol. The summed E-state index contributed by atoms with van der Waals surface area (Å²) in [7, 11) is -5.03. The lowest BCUT2D eigenvalue weighted by molar-refractivity contribution is 0.483. The van der Waals surface area contributed by atoms with Crippen LogP contribution in [-0.4, -0.2) is 32.9 Å². The molecule has 69 heavy (non-hydrogen) atoms. The number of nitrogens with zero attached hydrogens (tertiary/aromatic N) is 2. The number of rotatable bonds is 5. The van der Waals surface area contributed by atoms with Crippen LogP contribution in [0, 0.1) is 6.92 Å². The Balaban J connectivity index is 1.71. The van der Waals surface area contributed by atoms with Gasteiger partial charge in [0.2, 0.25) is 0 Å². The van der Waals surface area contributed by atoms with E-state index in [1.54, 1.807) is 55.5 Å². The van der Waals surface area contributed by atoms with Gasteiger partial charge in [0, 0.05) is 44.5 Å². The van der Waals surface area contributed by atoms with Crippen molar-refractivity contribution in [3.05, 3.63) is 149 Å². The van der Waals surface area contributed by atoms with Crippen LogP contribution < -0.4 is 0 Å². The molecule has 0 amide bonds. The van der Waals surface area contributed by atoms with Gasteiger partial charge in [-0.05, 0) is 55.0 Å². The Morgan fingerprint density at radius 3 is 1.00 bits per heavy atom. The van der Waals surface area contributed by atoms with E-state index in [4.69, 9.17) is 196 Å². The van der Waals surface area contributed by atoms with Gasteiger partial charge in [-0.3, -0.25) is 4.55 Å². The van der Waals surface area contributed by atoms with Crippen molar-refractivity contribution in [3.63, 3.8) is 0 Å². The minimum Gasteiger partial charge on any atom is -0.352 e. The molecule has 5 heterocycles. The van der Waals surface area contributed by atoms with Gasteiger partial charge in [-0.15, -0.1) is 0 Å². The van der Waals surface area contributed by atoms with Gasteiger partial charge in [0.15, 0.2) is 0 Å². The predicted molar refractivity (Wildman–Crippen MR) is 294 cm³/mol. The van der Waals surface area contributed by atoms with Gasteiger partial charge < -0.3 is 9.97 Å². The average molecular weight is 1260 g/mol. The van der Waals surface area contributed by atoms with Gasteiger partial charge in [-0.1, -0.05) is 204 Å². The second-order valence-corrected chi connectivity index (χ2v) is 22.4. The third-order valence-electron chi connectivity index (χ3n) is 10.9. The van der Waals surface area contributed by atoms with Crippen molar-refractivity contribution in [1.82, 2.24) is 19.9 Å². The van der Waals surface area contributed by atoms with Crippen LogP contribution in [-0.2, 0) is 10.1 Å². The van der Waals surface area contributed by atoms with E-state index >= 15 is 0 Å². The summed E-state index contributed by atoms with van der Waals surface area (Å²) >= 11 is 114. The Bertz CT molecular complexity index is 3830. The highest BCUT2D eigenvalue weighted by Gasteiger charge is 2.35. The van der Waals surface area contributed by atoms with Gasteiger partial charge in [-0.2, -0.15) is 8.42 Å². The molecule has 3 N–H and O–H groups in total. The number of benzene rings is 4. The molecule has 3 aromatic heterocycles. The Kier molecular flexibility index (Phi) is 14.6. The maximum Gasteiger partial charge on any atom is 0.296 e. The third-order valence-corrected chi connectivity index (χ3v) is 18.1. The molecule has 352 valence electrons. The number of fused-ring (bicyclic) bond motifs is 8. The van der Waals surface area contributed by atoms with E-state index in [0.29, 0.717) is 5.56 Å². The first kappa shape index (κ1) is 51.9. The average Bonchev–Trinajstić information content (AvgIpc) is 3.94. The summed E-state index contributed by atoms with van der Waals surface area (Å²) in [5, 5.41) is -1.72. The topological polar surface area (TPSA) is 112 Å². The monoisotopic (exact) mass is 1250 g/mol. The molecule has 0 unspecified atom stereocenters. The lowest BCUT2D eigenvalue weighted by Crippen LogP contribution is -2.01. The summed E-state index contributed by atoms with van der Waals surface area (Å²) in [6, 6.07) is 14.9. The second kappa shape index (κ2) is 19.4. The molecular formula is C45H16Cl16N4O3S. The summed E-state index contributed by atoms with van der Waals surface area (Å²) in [6.07, 6.45) is 0. The smallest absolute Gasteiger partial charge is 0.296 e. The summed E-state index contributed by atoms with van der Waals surface area (Å²) in [6.45, 7) is 1.73. The van der Waals surface area contributed by atoms with Crippen molar-refractivity contribution < 1.29 is 13.0 Å².